The van der Waals surface area contributed by atoms with E-state index in [4.69, 9.17) is 0 Å². The van der Waals surface area contributed by atoms with Gasteiger partial charge in [-0.15, -0.1) is 0 Å². The number of anilines is 2. The lowest BCUT2D eigenvalue weighted by atomic mass is 10.1. The summed E-state index contributed by atoms with van der Waals surface area (Å²) < 4.78 is 0. The minimum atomic E-state index is 0.606. The Labute approximate surface area is 95.3 Å². The summed E-state index contributed by atoms with van der Waals surface area (Å²) in [5, 5.41) is 6.65. The van der Waals surface area contributed by atoms with Crippen molar-refractivity contribution in [3.63, 3.8) is 0 Å². The van der Waals surface area contributed by atoms with Gasteiger partial charge < -0.3 is 15.5 Å². The molecule has 2 heterocycles. The number of rotatable bonds is 4. The number of likely N-dealkylation sites (N-methyl/N-ethyl adjacent to an activating group) is 1. The van der Waals surface area contributed by atoms with Crippen molar-refractivity contribution in [2.24, 2.45) is 0 Å². The SMILES string of the molecule is CNC1CN(c2cc(NC3CC3)ncn2)C1. The van der Waals surface area contributed by atoms with Crippen LogP contribution in [0.4, 0.5) is 11.6 Å². The van der Waals surface area contributed by atoms with Gasteiger partial charge in [0.25, 0.3) is 0 Å². The summed E-state index contributed by atoms with van der Waals surface area (Å²) in [6, 6.07) is 3.29. The van der Waals surface area contributed by atoms with E-state index < -0.39 is 0 Å². The average Bonchev–Trinajstić information content (AvgIpc) is 3.01. The van der Waals surface area contributed by atoms with Crippen molar-refractivity contribution in [2.45, 2.75) is 24.9 Å². The first-order chi connectivity index (χ1) is 7.85. The van der Waals surface area contributed by atoms with E-state index in [-0.39, 0.29) is 0 Å². The molecule has 1 saturated carbocycles. The minimum absolute atomic E-state index is 0.606. The molecule has 3 rings (SSSR count). The average molecular weight is 219 g/mol. The fourth-order valence-corrected chi connectivity index (χ4v) is 1.88. The predicted molar refractivity (Wildman–Crippen MR) is 63.7 cm³/mol. The number of nitrogens with zero attached hydrogens (tertiary/aromatic N) is 3. The quantitative estimate of drug-likeness (QED) is 0.770. The van der Waals surface area contributed by atoms with E-state index in [0.717, 1.165) is 24.7 Å². The van der Waals surface area contributed by atoms with E-state index in [0.29, 0.717) is 12.1 Å². The van der Waals surface area contributed by atoms with Crippen molar-refractivity contribution < 1.29 is 0 Å². The summed E-state index contributed by atoms with van der Waals surface area (Å²) in [6.45, 7) is 2.08. The van der Waals surface area contributed by atoms with Crippen molar-refractivity contribution in [1.82, 2.24) is 15.3 Å². The van der Waals surface area contributed by atoms with Crippen LogP contribution in [0.15, 0.2) is 12.4 Å². The van der Waals surface area contributed by atoms with Crippen LogP contribution in [0.3, 0.4) is 0 Å². The maximum atomic E-state index is 4.30. The van der Waals surface area contributed by atoms with Gasteiger partial charge in [0.2, 0.25) is 0 Å². The molecule has 0 atom stereocenters. The molecule has 5 nitrogen and oxygen atoms in total. The first-order valence-electron chi connectivity index (χ1n) is 5.86. The van der Waals surface area contributed by atoms with Crippen LogP contribution in [0.2, 0.25) is 0 Å². The zero-order valence-electron chi connectivity index (χ0n) is 9.48. The summed E-state index contributed by atoms with van der Waals surface area (Å²) in [7, 11) is 2.00. The molecule has 0 spiro atoms. The van der Waals surface area contributed by atoms with Crippen LogP contribution in [0.25, 0.3) is 0 Å². The molecule has 2 N–H and O–H groups in total. The van der Waals surface area contributed by atoms with Gasteiger partial charge in [-0.05, 0) is 19.9 Å². The van der Waals surface area contributed by atoms with Crippen LogP contribution in [-0.2, 0) is 0 Å². The topological polar surface area (TPSA) is 53.1 Å². The number of hydrogen-bond donors (Lipinski definition) is 2. The number of hydrogen-bond acceptors (Lipinski definition) is 5. The Balaban J connectivity index is 1.65. The van der Waals surface area contributed by atoms with Crippen LogP contribution >= 0.6 is 0 Å². The second-order valence-corrected chi connectivity index (χ2v) is 4.57. The molecule has 2 aliphatic rings. The molecule has 1 aromatic heterocycles. The Hall–Kier alpha value is -1.36. The van der Waals surface area contributed by atoms with E-state index >= 15 is 0 Å². The molecule has 1 aliphatic heterocycles. The van der Waals surface area contributed by atoms with Gasteiger partial charge in [0.15, 0.2) is 0 Å². The molecular weight excluding hydrogens is 202 g/mol. The molecule has 1 aliphatic carbocycles. The molecule has 16 heavy (non-hydrogen) atoms. The van der Waals surface area contributed by atoms with E-state index in [2.05, 4.69) is 25.5 Å². The largest absolute Gasteiger partial charge is 0.367 e. The minimum Gasteiger partial charge on any atom is -0.367 e. The Morgan fingerprint density at radius 3 is 2.75 bits per heavy atom. The molecule has 2 fully saturated rings. The van der Waals surface area contributed by atoms with E-state index in [1.165, 1.54) is 12.8 Å². The fourth-order valence-electron chi connectivity index (χ4n) is 1.88. The molecule has 5 heteroatoms. The zero-order chi connectivity index (χ0) is 11.0. The smallest absolute Gasteiger partial charge is 0.134 e. The highest BCUT2D eigenvalue weighted by Gasteiger charge is 2.27. The molecule has 1 saturated heterocycles. The highest BCUT2D eigenvalue weighted by Crippen LogP contribution is 2.25. The lowest BCUT2D eigenvalue weighted by Gasteiger charge is -2.39. The maximum absolute atomic E-state index is 4.30. The summed E-state index contributed by atoms with van der Waals surface area (Å²) in [4.78, 5) is 10.8. The molecule has 0 aromatic carbocycles. The van der Waals surface area contributed by atoms with Crippen molar-refractivity contribution in [1.29, 1.82) is 0 Å². The van der Waals surface area contributed by atoms with Crippen molar-refractivity contribution in [3.8, 4) is 0 Å². The van der Waals surface area contributed by atoms with Gasteiger partial charge in [-0.1, -0.05) is 0 Å². The van der Waals surface area contributed by atoms with E-state index in [1.807, 2.05) is 13.1 Å². The van der Waals surface area contributed by atoms with Gasteiger partial charge >= 0.3 is 0 Å². The second kappa shape index (κ2) is 3.90. The van der Waals surface area contributed by atoms with Crippen LogP contribution in [-0.4, -0.2) is 42.2 Å². The molecular formula is C11H17N5. The summed E-state index contributed by atoms with van der Waals surface area (Å²) in [5.74, 6) is 1.99. The summed E-state index contributed by atoms with van der Waals surface area (Å²) >= 11 is 0. The second-order valence-electron chi connectivity index (χ2n) is 4.57. The van der Waals surface area contributed by atoms with Gasteiger partial charge in [-0.2, -0.15) is 0 Å². The molecule has 0 bridgehead atoms. The van der Waals surface area contributed by atoms with Gasteiger partial charge in [0, 0.05) is 31.2 Å². The molecule has 0 radical (unpaired) electrons. The monoisotopic (exact) mass is 219 g/mol. The van der Waals surface area contributed by atoms with Crippen molar-refractivity contribution in [3.05, 3.63) is 12.4 Å². The Morgan fingerprint density at radius 1 is 1.25 bits per heavy atom. The van der Waals surface area contributed by atoms with Crippen LogP contribution in [0.1, 0.15) is 12.8 Å². The highest BCUT2D eigenvalue weighted by atomic mass is 15.3. The van der Waals surface area contributed by atoms with Gasteiger partial charge in [0.1, 0.15) is 18.0 Å². The lowest BCUT2D eigenvalue weighted by Crippen LogP contribution is -2.57. The normalized spacial score (nSPS) is 20.7. The Bertz CT molecular complexity index is 370. The fraction of sp³-hybridized carbons (Fsp3) is 0.636. The highest BCUT2D eigenvalue weighted by molar-refractivity contribution is 5.51. The zero-order valence-corrected chi connectivity index (χ0v) is 9.48. The van der Waals surface area contributed by atoms with Gasteiger partial charge in [0.05, 0.1) is 0 Å². The summed E-state index contributed by atoms with van der Waals surface area (Å²) in [6.07, 6.45) is 4.18. The van der Waals surface area contributed by atoms with Gasteiger partial charge in [-0.25, -0.2) is 9.97 Å². The van der Waals surface area contributed by atoms with E-state index in [9.17, 15) is 0 Å². The van der Waals surface area contributed by atoms with Crippen molar-refractivity contribution in [2.75, 3.05) is 30.4 Å². The van der Waals surface area contributed by atoms with Crippen molar-refractivity contribution >= 4 is 11.6 Å². The Kier molecular flexibility index (Phi) is 2.40. The third kappa shape index (κ3) is 1.95. The molecule has 0 amide bonds. The van der Waals surface area contributed by atoms with Crippen LogP contribution < -0.4 is 15.5 Å². The lowest BCUT2D eigenvalue weighted by molar-refractivity contribution is 0.447. The Morgan fingerprint density at radius 2 is 2.06 bits per heavy atom. The third-order valence-corrected chi connectivity index (χ3v) is 3.20. The maximum Gasteiger partial charge on any atom is 0.134 e. The number of nitrogens with one attached hydrogen (secondary N) is 2. The molecule has 86 valence electrons. The van der Waals surface area contributed by atoms with Crippen LogP contribution in [0, 0.1) is 0 Å². The van der Waals surface area contributed by atoms with Gasteiger partial charge in [-0.3, -0.25) is 0 Å². The first-order valence-corrected chi connectivity index (χ1v) is 5.86. The first kappa shape index (κ1) is 9.84. The third-order valence-electron chi connectivity index (χ3n) is 3.20. The van der Waals surface area contributed by atoms with E-state index in [1.54, 1.807) is 6.33 Å². The van der Waals surface area contributed by atoms with Crippen LogP contribution in [0.5, 0.6) is 0 Å². The standard InChI is InChI=1S/C11H17N5/c1-12-9-5-16(6-9)11-4-10(13-7-14-11)15-8-2-3-8/h4,7-9,12H,2-3,5-6H2,1H3,(H,13,14,15). The molecule has 0 unspecified atom stereocenters. The molecule has 1 aromatic rings. The number of aromatic nitrogens is 2. The predicted octanol–water partition coefficient (Wildman–Crippen LogP) is 0.459. The summed E-state index contributed by atoms with van der Waals surface area (Å²) in [5.41, 5.74) is 0.